The van der Waals surface area contributed by atoms with E-state index >= 15 is 0 Å². The maximum absolute atomic E-state index is 12.9. The zero-order valence-electron chi connectivity index (χ0n) is 12.7. The minimum absolute atomic E-state index is 0.321. The van der Waals surface area contributed by atoms with Crippen LogP contribution >= 0.6 is 0 Å². The van der Waals surface area contributed by atoms with Crippen LogP contribution in [0.2, 0.25) is 0 Å². The number of rotatable bonds is 4. The van der Waals surface area contributed by atoms with Gasteiger partial charge in [0.25, 0.3) is 5.91 Å². The summed E-state index contributed by atoms with van der Waals surface area (Å²) < 4.78 is 14.4. The van der Waals surface area contributed by atoms with E-state index in [2.05, 4.69) is 26.1 Å². The Morgan fingerprint density at radius 3 is 2.38 bits per heavy atom. The number of tetrazole rings is 1. The highest BCUT2D eigenvalue weighted by atomic mass is 19.1. The molecule has 3 rings (SSSR count). The van der Waals surface area contributed by atoms with Gasteiger partial charge in [-0.1, -0.05) is 12.1 Å². The van der Waals surface area contributed by atoms with Gasteiger partial charge >= 0.3 is 0 Å². The van der Waals surface area contributed by atoms with Crippen molar-refractivity contribution in [2.24, 2.45) is 5.10 Å². The van der Waals surface area contributed by atoms with Crippen molar-refractivity contribution in [1.29, 1.82) is 0 Å². The quantitative estimate of drug-likeness (QED) is 0.587. The number of nitrogens with one attached hydrogen (secondary N) is 1. The van der Waals surface area contributed by atoms with Gasteiger partial charge in [0.15, 0.2) is 0 Å². The molecule has 120 valence electrons. The molecule has 0 unspecified atom stereocenters. The van der Waals surface area contributed by atoms with E-state index in [1.165, 1.54) is 23.1 Å². The zero-order chi connectivity index (χ0) is 16.9. The molecule has 0 saturated carbocycles. The predicted octanol–water partition coefficient (Wildman–Crippen LogP) is 1.96. The van der Waals surface area contributed by atoms with Gasteiger partial charge in [-0.05, 0) is 59.3 Å². The van der Waals surface area contributed by atoms with Crippen molar-refractivity contribution in [3.05, 3.63) is 71.8 Å². The number of amides is 1. The van der Waals surface area contributed by atoms with E-state index in [9.17, 15) is 9.18 Å². The number of hydrogen-bond donors (Lipinski definition) is 1. The molecule has 0 saturated heterocycles. The fourth-order valence-corrected chi connectivity index (χ4v) is 2.00. The molecular formula is C16H13FN6O. The van der Waals surface area contributed by atoms with Gasteiger partial charge in [0.2, 0.25) is 0 Å². The van der Waals surface area contributed by atoms with Crippen LogP contribution in [0.3, 0.4) is 0 Å². The van der Waals surface area contributed by atoms with Crippen molar-refractivity contribution in [1.82, 2.24) is 25.6 Å². The summed E-state index contributed by atoms with van der Waals surface area (Å²) in [5, 5.41) is 14.9. The second-order valence-corrected chi connectivity index (χ2v) is 4.95. The van der Waals surface area contributed by atoms with Crippen LogP contribution in [0.25, 0.3) is 5.69 Å². The Hall–Kier alpha value is -3.42. The van der Waals surface area contributed by atoms with Gasteiger partial charge in [-0.25, -0.2) is 14.5 Å². The molecule has 24 heavy (non-hydrogen) atoms. The summed E-state index contributed by atoms with van der Waals surface area (Å²) in [6.07, 6.45) is 1.46. The maximum Gasteiger partial charge on any atom is 0.271 e. The lowest BCUT2D eigenvalue weighted by Crippen LogP contribution is -2.19. The predicted molar refractivity (Wildman–Crippen MR) is 85.2 cm³/mol. The Kier molecular flexibility index (Phi) is 4.37. The van der Waals surface area contributed by atoms with E-state index in [0.717, 1.165) is 11.3 Å². The van der Waals surface area contributed by atoms with Crippen molar-refractivity contribution in [2.75, 3.05) is 0 Å². The molecule has 0 fully saturated rings. The Morgan fingerprint density at radius 1 is 1.08 bits per heavy atom. The summed E-state index contributed by atoms with van der Waals surface area (Å²) >= 11 is 0. The van der Waals surface area contributed by atoms with Crippen molar-refractivity contribution in [3.63, 3.8) is 0 Å². The van der Waals surface area contributed by atoms with Crippen molar-refractivity contribution in [3.8, 4) is 5.69 Å². The third-order valence-corrected chi connectivity index (χ3v) is 3.33. The lowest BCUT2D eigenvalue weighted by Gasteiger charge is -2.04. The first-order valence-corrected chi connectivity index (χ1v) is 7.07. The van der Waals surface area contributed by atoms with Crippen molar-refractivity contribution in [2.45, 2.75) is 6.92 Å². The highest BCUT2D eigenvalue weighted by molar-refractivity contribution is 6.00. The molecule has 1 N–H and O–H groups in total. The highest BCUT2D eigenvalue weighted by Gasteiger charge is 2.06. The summed E-state index contributed by atoms with van der Waals surface area (Å²) in [6.45, 7) is 1.73. The van der Waals surface area contributed by atoms with Gasteiger partial charge in [0.1, 0.15) is 12.1 Å². The Balaban J connectivity index is 1.68. The molecule has 7 nitrogen and oxygen atoms in total. The lowest BCUT2D eigenvalue weighted by atomic mass is 10.1. The molecule has 2 aromatic carbocycles. The van der Waals surface area contributed by atoms with Crippen molar-refractivity contribution < 1.29 is 9.18 Å². The first-order chi connectivity index (χ1) is 11.6. The van der Waals surface area contributed by atoms with Crippen LogP contribution in [0.1, 0.15) is 22.8 Å². The van der Waals surface area contributed by atoms with Crippen molar-refractivity contribution >= 4 is 11.6 Å². The molecule has 0 radical (unpaired) electrons. The topological polar surface area (TPSA) is 85.1 Å². The number of aromatic nitrogens is 4. The van der Waals surface area contributed by atoms with Crippen LogP contribution in [0.4, 0.5) is 4.39 Å². The largest absolute Gasteiger partial charge is 0.271 e. The zero-order valence-corrected chi connectivity index (χ0v) is 12.7. The van der Waals surface area contributed by atoms with Gasteiger partial charge in [0.05, 0.1) is 11.4 Å². The van der Waals surface area contributed by atoms with Crippen LogP contribution in [-0.4, -0.2) is 31.8 Å². The van der Waals surface area contributed by atoms with Gasteiger partial charge in [-0.3, -0.25) is 4.79 Å². The summed E-state index contributed by atoms with van der Waals surface area (Å²) in [6, 6.07) is 12.6. The standard InChI is InChI=1S/C16H13FN6O/c1-11(12-2-6-14(17)7-3-12)19-20-16(24)13-4-8-15(9-5-13)23-10-18-21-22-23/h2-10H,1H3,(H,20,24). The first kappa shape index (κ1) is 15.5. The molecule has 1 amide bonds. The normalized spacial score (nSPS) is 11.3. The minimum atomic E-state index is -0.347. The van der Waals surface area contributed by atoms with E-state index in [1.807, 2.05) is 0 Å². The molecule has 0 spiro atoms. The fraction of sp³-hybridized carbons (Fsp3) is 0.0625. The van der Waals surface area contributed by atoms with Gasteiger partial charge in [0, 0.05) is 5.56 Å². The smallest absolute Gasteiger partial charge is 0.267 e. The van der Waals surface area contributed by atoms with Crippen LogP contribution in [-0.2, 0) is 0 Å². The van der Waals surface area contributed by atoms with Crippen LogP contribution in [0.15, 0.2) is 60.0 Å². The average Bonchev–Trinajstić information content (AvgIpc) is 3.15. The number of benzene rings is 2. The number of carbonyl (C=O) groups is 1. The third kappa shape index (κ3) is 3.49. The molecular weight excluding hydrogens is 311 g/mol. The second-order valence-electron chi connectivity index (χ2n) is 4.95. The Bertz CT molecular complexity index is 857. The summed E-state index contributed by atoms with van der Waals surface area (Å²) in [4.78, 5) is 12.1. The van der Waals surface area contributed by atoms with E-state index in [1.54, 1.807) is 43.3 Å². The van der Waals surface area contributed by atoms with Crippen LogP contribution in [0, 0.1) is 5.82 Å². The summed E-state index contributed by atoms with van der Waals surface area (Å²) in [5.74, 6) is -0.669. The highest BCUT2D eigenvalue weighted by Crippen LogP contribution is 2.08. The molecule has 0 bridgehead atoms. The van der Waals surface area contributed by atoms with E-state index < -0.39 is 0 Å². The Labute approximate surface area is 136 Å². The number of hydrogen-bond acceptors (Lipinski definition) is 5. The van der Waals surface area contributed by atoms with Gasteiger partial charge in [-0.15, -0.1) is 5.10 Å². The molecule has 3 aromatic rings. The first-order valence-electron chi connectivity index (χ1n) is 7.07. The van der Waals surface area contributed by atoms with E-state index in [4.69, 9.17) is 0 Å². The number of nitrogens with zero attached hydrogens (tertiary/aromatic N) is 5. The monoisotopic (exact) mass is 324 g/mol. The average molecular weight is 324 g/mol. The summed E-state index contributed by atoms with van der Waals surface area (Å²) in [5.41, 5.74) is 4.96. The lowest BCUT2D eigenvalue weighted by molar-refractivity contribution is 0.0955. The molecule has 0 atom stereocenters. The maximum atomic E-state index is 12.9. The number of carbonyl (C=O) groups excluding carboxylic acids is 1. The van der Waals surface area contributed by atoms with E-state index in [0.29, 0.717) is 11.3 Å². The molecule has 0 aliphatic carbocycles. The SMILES string of the molecule is CC(=NNC(=O)c1ccc(-n2cnnn2)cc1)c1ccc(F)cc1. The molecule has 0 aliphatic rings. The Morgan fingerprint density at radius 2 is 1.75 bits per heavy atom. The minimum Gasteiger partial charge on any atom is -0.267 e. The molecule has 1 heterocycles. The number of halogens is 1. The number of hydrazone groups is 1. The third-order valence-electron chi connectivity index (χ3n) is 3.33. The second kappa shape index (κ2) is 6.78. The van der Waals surface area contributed by atoms with Crippen LogP contribution < -0.4 is 5.43 Å². The summed E-state index contributed by atoms with van der Waals surface area (Å²) in [7, 11) is 0. The van der Waals surface area contributed by atoms with E-state index in [-0.39, 0.29) is 11.7 Å². The fourth-order valence-electron chi connectivity index (χ4n) is 2.00. The van der Waals surface area contributed by atoms with Gasteiger partial charge in [-0.2, -0.15) is 5.10 Å². The molecule has 0 aliphatic heterocycles. The molecule has 8 heteroatoms. The van der Waals surface area contributed by atoms with Gasteiger partial charge < -0.3 is 0 Å². The van der Waals surface area contributed by atoms with Crippen LogP contribution in [0.5, 0.6) is 0 Å². The molecule has 1 aromatic heterocycles.